The Labute approximate surface area is 116 Å². The zero-order chi connectivity index (χ0) is 14.1. The Balaban J connectivity index is 1.92. The van der Waals surface area contributed by atoms with Crippen LogP contribution >= 0.6 is 0 Å². The van der Waals surface area contributed by atoms with E-state index in [9.17, 15) is 0 Å². The van der Waals surface area contributed by atoms with Gasteiger partial charge in [-0.1, -0.05) is 24.4 Å². The van der Waals surface area contributed by atoms with Gasteiger partial charge in [-0.15, -0.1) is 0 Å². The summed E-state index contributed by atoms with van der Waals surface area (Å²) in [6.45, 7) is 2.14. The summed E-state index contributed by atoms with van der Waals surface area (Å²) in [6.07, 6.45) is 0. The highest BCUT2D eigenvalue weighted by molar-refractivity contribution is 6.52. The number of nitrogens with one attached hydrogen (secondary N) is 2. The van der Waals surface area contributed by atoms with Crippen molar-refractivity contribution >= 4 is 47.0 Å². The number of imidazole rings is 1. The fraction of sp³-hybridized carbons (Fsp3) is 0.0769. The Morgan fingerprint density at radius 3 is 2.70 bits per heavy atom. The van der Waals surface area contributed by atoms with Gasteiger partial charge in [-0.05, 0) is 23.6 Å². The molecule has 100 valence electrons. The number of aromatic nitrogens is 3. The van der Waals surface area contributed by atoms with E-state index >= 15 is 0 Å². The molecule has 3 rings (SSSR count). The van der Waals surface area contributed by atoms with Gasteiger partial charge in [0.05, 0.1) is 5.52 Å². The van der Waals surface area contributed by atoms with Gasteiger partial charge in [0.2, 0.25) is 5.95 Å². The molecule has 6 N–H and O–H groups in total. The minimum absolute atomic E-state index is 0.279. The van der Waals surface area contributed by atoms with Crippen molar-refractivity contribution in [3.63, 3.8) is 0 Å². The molecule has 0 saturated carbocycles. The van der Waals surface area contributed by atoms with Gasteiger partial charge in [0.15, 0.2) is 13.1 Å². The van der Waals surface area contributed by atoms with E-state index in [1.165, 1.54) is 5.46 Å². The van der Waals surface area contributed by atoms with E-state index in [4.69, 9.17) is 11.5 Å². The maximum atomic E-state index is 5.61. The number of rotatable bonds is 3. The second-order valence-corrected chi connectivity index (χ2v) is 4.59. The lowest BCUT2D eigenvalue weighted by molar-refractivity contribution is 1.26. The summed E-state index contributed by atoms with van der Waals surface area (Å²) >= 11 is 0. The minimum Gasteiger partial charge on any atom is -0.382 e. The van der Waals surface area contributed by atoms with Crippen molar-refractivity contribution in [2.75, 3.05) is 16.8 Å². The van der Waals surface area contributed by atoms with Gasteiger partial charge >= 0.3 is 0 Å². The highest BCUT2D eigenvalue weighted by atomic mass is 15.2. The molecular weight excluding hydrogens is 251 g/mol. The molecule has 0 bridgehead atoms. The molecule has 20 heavy (non-hydrogen) atoms. The molecule has 0 spiro atoms. The highest BCUT2D eigenvalue weighted by Gasteiger charge is 2.05. The number of nitrogens with two attached hydrogens (primary N) is 2. The van der Waals surface area contributed by atoms with Crippen LogP contribution in [0.5, 0.6) is 0 Å². The summed E-state index contributed by atoms with van der Waals surface area (Å²) in [5.74, 6) is 1.80. The normalized spacial score (nSPS) is 10.7. The van der Waals surface area contributed by atoms with E-state index in [-0.39, 0.29) is 5.82 Å². The van der Waals surface area contributed by atoms with Crippen molar-refractivity contribution in [1.29, 1.82) is 0 Å². The average Bonchev–Trinajstić information content (AvgIpc) is 2.76. The number of hydrogen-bond acceptors (Lipinski definition) is 5. The molecule has 0 aliphatic rings. The van der Waals surface area contributed by atoms with Crippen LogP contribution in [0.3, 0.4) is 0 Å². The van der Waals surface area contributed by atoms with Crippen molar-refractivity contribution in [2.24, 2.45) is 0 Å². The molecule has 0 aliphatic heterocycles. The topological polar surface area (TPSA) is 106 Å². The number of hydrogen-bond donors (Lipinski definition) is 4. The monoisotopic (exact) mass is 266 g/mol. The van der Waals surface area contributed by atoms with Gasteiger partial charge in [0.25, 0.3) is 0 Å². The molecule has 2 heterocycles. The van der Waals surface area contributed by atoms with Crippen molar-refractivity contribution in [2.45, 2.75) is 6.82 Å². The summed E-state index contributed by atoms with van der Waals surface area (Å²) in [7, 11) is 1.01. The van der Waals surface area contributed by atoms with Gasteiger partial charge in [-0.3, -0.25) is 0 Å². The SMILES string of the molecule is CBc1ccc2nc(Nc3nc(N)c(N)[nH]3)ccc2c1. The number of pyridine rings is 1. The molecule has 0 amide bonds. The van der Waals surface area contributed by atoms with Crippen molar-refractivity contribution < 1.29 is 0 Å². The maximum Gasteiger partial charge on any atom is 0.209 e. The quantitative estimate of drug-likeness (QED) is 0.529. The number of anilines is 4. The third-order valence-corrected chi connectivity index (χ3v) is 3.17. The van der Waals surface area contributed by atoms with Crippen molar-refractivity contribution in [3.8, 4) is 0 Å². The first kappa shape index (κ1) is 12.3. The molecule has 0 aliphatic carbocycles. The summed E-state index contributed by atoms with van der Waals surface area (Å²) < 4.78 is 0. The molecule has 7 heteroatoms. The van der Waals surface area contributed by atoms with E-state index in [0.717, 1.165) is 18.2 Å². The zero-order valence-corrected chi connectivity index (χ0v) is 11.1. The Hall–Kier alpha value is -2.70. The Kier molecular flexibility index (Phi) is 2.94. The van der Waals surface area contributed by atoms with Gasteiger partial charge in [0, 0.05) is 0 Å². The summed E-state index contributed by atoms with van der Waals surface area (Å²) in [4.78, 5) is 11.4. The molecule has 0 unspecified atom stereocenters. The van der Waals surface area contributed by atoms with E-state index in [2.05, 4.69) is 39.2 Å². The van der Waals surface area contributed by atoms with Crippen LogP contribution in [0.15, 0.2) is 30.3 Å². The lowest BCUT2D eigenvalue weighted by Gasteiger charge is -2.05. The second-order valence-electron chi connectivity index (χ2n) is 4.59. The van der Waals surface area contributed by atoms with Crippen LogP contribution in [0.25, 0.3) is 10.9 Å². The molecule has 0 atom stereocenters. The van der Waals surface area contributed by atoms with Crippen LogP contribution in [0.4, 0.5) is 23.4 Å². The standard InChI is InChI=1S/C13H15BN6/c1-14-8-3-4-9-7(6-8)2-5-10(17-9)18-13-19-11(15)12(16)20-13/h2-6,14H,15-16H2,1H3,(H2,17,18,19,20). The van der Waals surface area contributed by atoms with Gasteiger partial charge in [-0.25, -0.2) is 4.98 Å². The number of H-pyrrole nitrogens is 1. The van der Waals surface area contributed by atoms with Crippen molar-refractivity contribution in [1.82, 2.24) is 15.0 Å². The Bertz CT molecular complexity index is 747. The molecule has 2 aromatic heterocycles. The van der Waals surface area contributed by atoms with Gasteiger partial charge in [-0.2, -0.15) is 4.98 Å². The Morgan fingerprint density at radius 1 is 1.15 bits per heavy atom. The van der Waals surface area contributed by atoms with E-state index in [1.807, 2.05) is 18.2 Å². The lowest BCUT2D eigenvalue weighted by Crippen LogP contribution is -2.09. The molecule has 6 nitrogen and oxygen atoms in total. The van der Waals surface area contributed by atoms with E-state index in [0.29, 0.717) is 17.6 Å². The fourth-order valence-corrected chi connectivity index (χ4v) is 2.05. The van der Waals surface area contributed by atoms with E-state index < -0.39 is 0 Å². The maximum absolute atomic E-state index is 5.61. The molecule has 0 radical (unpaired) electrons. The summed E-state index contributed by atoms with van der Waals surface area (Å²) in [5, 5.41) is 4.17. The molecule has 0 saturated heterocycles. The smallest absolute Gasteiger partial charge is 0.209 e. The predicted molar refractivity (Wildman–Crippen MR) is 85.1 cm³/mol. The number of nitrogen functional groups attached to an aromatic ring is 2. The lowest BCUT2D eigenvalue weighted by atomic mass is 9.73. The van der Waals surface area contributed by atoms with E-state index in [1.54, 1.807) is 0 Å². The number of fused-ring (bicyclic) bond motifs is 1. The molecule has 3 aromatic rings. The molecule has 1 aromatic carbocycles. The first-order chi connectivity index (χ1) is 9.65. The predicted octanol–water partition coefficient (Wildman–Crippen LogP) is 0.976. The van der Waals surface area contributed by atoms with Crippen LogP contribution in [-0.4, -0.2) is 22.2 Å². The van der Waals surface area contributed by atoms with Crippen LogP contribution in [0, 0.1) is 0 Å². The molecular formula is C13H15BN6. The van der Waals surface area contributed by atoms with Crippen LogP contribution in [-0.2, 0) is 0 Å². The average molecular weight is 266 g/mol. The molecule has 0 fully saturated rings. The zero-order valence-electron chi connectivity index (χ0n) is 11.1. The van der Waals surface area contributed by atoms with Crippen molar-refractivity contribution in [3.05, 3.63) is 30.3 Å². The largest absolute Gasteiger partial charge is 0.382 e. The fourth-order valence-electron chi connectivity index (χ4n) is 2.05. The van der Waals surface area contributed by atoms with Crippen LogP contribution in [0.2, 0.25) is 6.82 Å². The second kappa shape index (κ2) is 4.77. The summed E-state index contributed by atoms with van der Waals surface area (Å²) in [5.41, 5.74) is 13.4. The summed E-state index contributed by atoms with van der Waals surface area (Å²) in [6, 6.07) is 10.2. The minimum atomic E-state index is 0.279. The first-order valence-corrected chi connectivity index (χ1v) is 6.43. The number of aromatic amines is 1. The Morgan fingerprint density at radius 2 is 2.00 bits per heavy atom. The van der Waals surface area contributed by atoms with Crippen LogP contribution < -0.4 is 22.2 Å². The number of nitrogens with zero attached hydrogens (tertiary/aromatic N) is 2. The third kappa shape index (κ3) is 2.25. The van der Waals surface area contributed by atoms with Gasteiger partial charge in [0.1, 0.15) is 11.6 Å². The first-order valence-electron chi connectivity index (χ1n) is 6.43. The van der Waals surface area contributed by atoms with Crippen LogP contribution in [0.1, 0.15) is 0 Å². The van der Waals surface area contributed by atoms with Gasteiger partial charge < -0.3 is 21.8 Å². The third-order valence-electron chi connectivity index (χ3n) is 3.17. The highest BCUT2D eigenvalue weighted by Crippen LogP contribution is 2.19. The number of benzene rings is 1.